The van der Waals surface area contributed by atoms with Gasteiger partial charge in [-0.2, -0.15) is 0 Å². The third-order valence-electron chi connectivity index (χ3n) is 3.92. The normalized spacial score (nSPS) is 20.1. The van der Waals surface area contributed by atoms with Crippen molar-refractivity contribution in [3.8, 4) is 0 Å². The lowest BCUT2D eigenvalue weighted by Crippen LogP contribution is -2.40. The molecule has 0 atom stereocenters. The quantitative estimate of drug-likeness (QED) is 0.731. The molecule has 0 unspecified atom stereocenters. The maximum absolute atomic E-state index is 12.3. The average Bonchev–Trinajstić information content (AvgIpc) is 3.18. The zero-order chi connectivity index (χ0) is 12.6. The van der Waals surface area contributed by atoms with Gasteiger partial charge in [0.05, 0.1) is 12.1 Å². The molecule has 1 aromatic rings. The Morgan fingerprint density at radius 2 is 2.28 bits per heavy atom. The third kappa shape index (κ3) is 2.02. The molecule has 1 aliphatic carbocycles. The van der Waals surface area contributed by atoms with Crippen LogP contribution >= 0.6 is 0 Å². The lowest BCUT2D eigenvalue weighted by atomic mass is 9.95. The predicted octanol–water partition coefficient (Wildman–Crippen LogP) is 0.587. The van der Waals surface area contributed by atoms with E-state index in [2.05, 4.69) is 16.7 Å². The van der Waals surface area contributed by atoms with Crippen molar-refractivity contribution in [1.82, 2.24) is 10.6 Å². The lowest BCUT2D eigenvalue weighted by molar-refractivity contribution is 0.0905. The number of aliphatic hydroxyl groups excluding tert-OH is 1. The van der Waals surface area contributed by atoms with Crippen molar-refractivity contribution in [3.63, 3.8) is 0 Å². The Labute approximate surface area is 106 Å². The molecule has 0 bridgehead atoms. The predicted molar refractivity (Wildman–Crippen MR) is 68.4 cm³/mol. The van der Waals surface area contributed by atoms with E-state index in [1.54, 1.807) is 0 Å². The van der Waals surface area contributed by atoms with E-state index in [-0.39, 0.29) is 18.1 Å². The zero-order valence-electron chi connectivity index (χ0n) is 10.3. The maximum atomic E-state index is 12.3. The van der Waals surface area contributed by atoms with E-state index in [4.69, 9.17) is 0 Å². The average molecular weight is 246 g/mol. The molecule has 1 aromatic carbocycles. The van der Waals surface area contributed by atoms with Gasteiger partial charge < -0.3 is 15.7 Å². The Morgan fingerprint density at radius 3 is 3.00 bits per heavy atom. The summed E-state index contributed by atoms with van der Waals surface area (Å²) in [5, 5.41) is 15.5. The summed E-state index contributed by atoms with van der Waals surface area (Å²) in [5.74, 6) is -0.0414. The van der Waals surface area contributed by atoms with Crippen LogP contribution in [0.2, 0.25) is 0 Å². The summed E-state index contributed by atoms with van der Waals surface area (Å²) in [5.41, 5.74) is 2.80. The highest BCUT2D eigenvalue weighted by molar-refractivity contribution is 5.96. The molecular weight excluding hydrogens is 228 g/mol. The summed E-state index contributed by atoms with van der Waals surface area (Å²) in [6, 6.07) is 5.88. The SMILES string of the molecule is O=C(NC1(CO)CC1)c1cccc2c1CCNC2. The molecule has 1 heterocycles. The molecule has 1 aliphatic heterocycles. The largest absolute Gasteiger partial charge is 0.394 e. The van der Waals surface area contributed by atoms with Gasteiger partial charge in [-0.05, 0) is 43.0 Å². The molecule has 1 saturated carbocycles. The van der Waals surface area contributed by atoms with Crippen molar-refractivity contribution >= 4 is 5.91 Å². The second-order valence-electron chi connectivity index (χ2n) is 5.26. The topological polar surface area (TPSA) is 61.4 Å². The van der Waals surface area contributed by atoms with Crippen LogP contribution in [0.25, 0.3) is 0 Å². The number of amides is 1. The summed E-state index contributed by atoms with van der Waals surface area (Å²) in [6.45, 7) is 1.79. The fourth-order valence-corrected chi connectivity index (χ4v) is 2.53. The van der Waals surface area contributed by atoms with E-state index < -0.39 is 0 Å². The molecule has 0 spiro atoms. The van der Waals surface area contributed by atoms with Crippen LogP contribution in [-0.4, -0.2) is 29.7 Å². The molecule has 96 valence electrons. The number of carbonyl (C=O) groups is 1. The van der Waals surface area contributed by atoms with E-state index in [9.17, 15) is 9.90 Å². The van der Waals surface area contributed by atoms with Gasteiger partial charge in [0.2, 0.25) is 0 Å². The minimum absolute atomic E-state index is 0.0370. The Bertz CT molecular complexity index is 481. The third-order valence-corrected chi connectivity index (χ3v) is 3.92. The molecular formula is C14H18N2O2. The van der Waals surface area contributed by atoms with Gasteiger partial charge in [0, 0.05) is 12.1 Å². The molecule has 18 heavy (non-hydrogen) atoms. The van der Waals surface area contributed by atoms with Gasteiger partial charge in [-0.15, -0.1) is 0 Å². The summed E-state index contributed by atoms with van der Waals surface area (Å²) in [4.78, 5) is 12.3. The van der Waals surface area contributed by atoms with Crippen molar-refractivity contribution in [2.45, 2.75) is 31.3 Å². The first-order valence-corrected chi connectivity index (χ1v) is 6.49. The minimum atomic E-state index is -0.341. The van der Waals surface area contributed by atoms with E-state index in [1.165, 1.54) is 5.56 Å². The minimum Gasteiger partial charge on any atom is -0.394 e. The smallest absolute Gasteiger partial charge is 0.252 e. The van der Waals surface area contributed by atoms with Gasteiger partial charge in [0.15, 0.2) is 0 Å². The van der Waals surface area contributed by atoms with Crippen molar-refractivity contribution in [2.24, 2.45) is 0 Å². The Balaban J connectivity index is 1.85. The maximum Gasteiger partial charge on any atom is 0.252 e. The van der Waals surface area contributed by atoms with Gasteiger partial charge in [-0.3, -0.25) is 4.79 Å². The Hall–Kier alpha value is -1.39. The molecule has 0 aromatic heterocycles. The van der Waals surface area contributed by atoms with Crippen molar-refractivity contribution in [1.29, 1.82) is 0 Å². The van der Waals surface area contributed by atoms with Crippen molar-refractivity contribution < 1.29 is 9.90 Å². The number of carbonyl (C=O) groups excluding carboxylic acids is 1. The van der Waals surface area contributed by atoms with Crippen molar-refractivity contribution in [2.75, 3.05) is 13.2 Å². The summed E-state index contributed by atoms with van der Waals surface area (Å²) < 4.78 is 0. The van der Waals surface area contributed by atoms with Gasteiger partial charge in [0.1, 0.15) is 0 Å². The molecule has 3 rings (SSSR count). The summed E-state index contributed by atoms with van der Waals surface area (Å²) >= 11 is 0. The van der Waals surface area contributed by atoms with Crippen molar-refractivity contribution in [3.05, 3.63) is 34.9 Å². The number of hydrogen-bond acceptors (Lipinski definition) is 3. The Kier molecular flexibility index (Phi) is 2.84. The van der Waals surface area contributed by atoms with Crippen LogP contribution in [0.15, 0.2) is 18.2 Å². The molecule has 2 aliphatic rings. The zero-order valence-corrected chi connectivity index (χ0v) is 10.3. The summed E-state index contributed by atoms with van der Waals surface area (Å²) in [7, 11) is 0. The first kappa shape index (κ1) is 11.7. The van der Waals surface area contributed by atoms with E-state index in [0.29, 0.717) is 0 Å². The number of aliphatic hydroxyl groups is 1. The number of nitrogens with one attached hydrogen (secondary N) is 2. The van der Waals surface area contributed by atoms with Gasteiger partial charge >= 0.3 is 0 Å². The van der Waals surface area contributed by atoms with E-state index in [1.807, 2.05) is 12.1 Å². The second-order valence-corrected chi connectivity index (χ2v) is 5.26. The molecule has 4 nitrogen and oxygen atoms in total. The monoisotopic (exact) mass is 246 g/mol. The van der Waals surface area contributed by atoms with Crippen LogP contribution in [0, 0.1) is 0 Å². The Morgan fingerprint density at radius 1 is 1.44 bits per heavy atom. The highest BCUT2D eigenvalue weighted by Gasteiger charge is 2.43. The van der Waals surface area contributed by atoms with E-state index >= 15 is 0 Å². The number of hydrogen-bond donors (Lipinski definition) is 3. The van der Waals surface area contributed by atoms with Crippen LogP contribution in [0.1, 0.15) is 34.3 Å². The number of benzene rings is 1. The first-order valence-electron chi connectivity index (χ1n) is 6.49. The van der Waals surface area contributed by atoms with E-state index in [0.717, 1.165) is 43.5 Å². The standard InChI is InChI=1S/C14H18N2O2/c17-9-14(5-6-14)16-13(18)12-3-1-2-10-8-15-7-4-11(10)12/h1-3,15,17H,4-9H2,(H,16,18). The number of rotatable bonds is 3. The molecule has 1 amide bonds. The van der Waals surface area contributed by atoms with Crippen LogP contribution in [-0.2, 0) is 13.0 Å². The summed E-state index contributed by atoms with van der Waals surface area (Å²) in [6.07, 6.45) is 2.66. The fourth-order valence-electron chi connectivity index (χ4n) is 2.53. The fraction of sp³-hybridized carbons (Fsp3) is 0.500. The molecule has 1 fully saturated rings. The molecule has 4 heteroatoms. The molecule has 3 N–H and O–H groups in total. The lowest BCUT2D eigenvalue weighted by Gasteiger charge is -2.21. The number of fused-ring (bicyclic) bond motifs is 1. The van der Waals surface area contributed by atoms with Crippen LogP contribution in [0.3, 0.4) is 0 Å². The van der Waals surface area contributed by atoms with Crippen LogP contribution < -0.4 is 10.6 Å². The van der Waals surface area contributed by atoms with Gasteiger partial charge in [-0.25, -0.2) is 0 Å². The van der Waals surface area contributed by atoms with Gasteiger partial charge in [-0.1, -0.05) is 12.1 Å². The second kappa shape index (κ2) is 4.37. The first-order chi connectivity index (χ1) is 8.74. The van der Waals surface area contributed by atoms with Crippen LogP contribution in [0.5, 0.6) is 0 Å². The molecule has 0 radical (unpaired) electrons. The molecule has 0 saturated heterocycles. The van der Waals surface area contributed by atoms with Crippen LogP contribution in [0.4, 0.5) is 0 Å². The highest BCUT2D eigenvalue weighted by Crippen LogP contribution is 2.35. The highest BCUT2D eigenvalue weighted by atomic mass is 16.3. The van der Waals surface area contributed by atoms with Gasteiger partial charge in [0.25, 0.3) is 5.91 Å².